The van der Waals surface area contributed by atoms with Gasteiger partial charge in [0.2, 0.25) is 23.6 Å². The quantitative estimate of drug-likeness (QED) is 0.0114. The van der Waals surface area contributed by atoms with Gasteiger partial charge in [-0.2, -0.15) is 0 Å². The number of halogens is 8. The Morgan fingerprint density at radius 2 is 0.707 bits per heavy atom. The van der Waals surface area contributed by atoms with Gasteiger partial charge in [0.25, 0.3) is 0 Å². The average molecular weight is 1960 g/mol. The van der Waals surface area contributed by atoms with E-state index in [1.807, 2.05) is 163 Å². The molecule has 9 aromatic carbocycles. The van der Waals surface area contributed by atoms with Gasteiger partial charge >= 0.3 is 5.97 Å². The smallest absolute Gasteiger partial charge is 0.332 e. The van der Waals surface area contributed by atoms with Crippen LogP contribution in [0, 0.1) is 12.3 Å². The van der Waals surface area contributed by atoms with Gasteiger partial charge in [-0.3, -0.25) is 38.8 Å². The van der Waals surface area contributed by atoms with E-state index in [9.17, 15) is 24.0 Å². The van der Waals surface area contributed by atoms with Crippen LogP contribution in [0.25, 0.3) is 44.1 Å². The molecule has 0 unspecified atom stereocenters. The summed E-state index contributed by atoms with van der Waals surface area (Å²) in [7, 11) is 0. The first kappa shape index (κ1) is 98.5. The molecule has 0 aliphatic carbocycles. The molecule has 0 radical (unpaired) electrons. The number of carbonyl (C=O) groups excluding carboxylic acids is 5. The second-order valence-electron chi connectivity index (χ2n) is 33.4. The molecule has 4 saturated heterocycles. The van der Waals surface area contributed by atoms with E-state index < -0.39 is 41.8 Å². The molecule has 34 heteroatoms. The number of imidazole rings is 4. The number of benzene rings is 9. The lowest BCUT2D eigenvalue weighted by Gasteiger charge is -2.27. The first-order chi connectivity index (χ1) is 64.2. The lowest BCUT2D eigenvalue weighted by molar-refractivity contribution is -0.163. The molecule has 4 aliphatic rings. The van der Waals surface area contributed by atoms with Gasteiger partial charge in [-0.25, -0.2) is 24.7 Å². The number of carbonyl (C=O) groups is 5. The number of nitrogens with one attached hydrogen (secondary N) is 8. The van der Waals surface area contributed by atoms with Gasteiger partial charge in [0.1, 0.15) is 66.3 Å². The fourth-order valence-electron chi connectivity index (χ4n) is 16.7. The highest BCUT2D eigenvalue weighted by atomic mass is 35.5. The Morgan fingerprint density at radius 3 is 1.00 bits per heavy atom. The van der Waals surface area contributed by atoms with Crippen LogP contribution >= 0.6 is 92.8 Å². The molecule has 694 valence electrons. The molecule has 8 heterocycles. The van der Waals surface area contributed by atoms with Gasteiger partial charge in [-0.05, 0) is 171 Å². The Morgan fingerprint density at radius 1 is 0.414 bits per heavy atom. The van der Waals surface area contributed by atoms with E-state index in [1.165, 1.54) is 0 Å². The molecule has 4 amide bonds. The number of rotatable bonds is 31. The number of amides is 4. The van der Waals surface area contributed by atoms with Crippen molar-refractivity contribution in [3.63, 3.8) is 0 Å². The molecule has 0 saturated carbocycles. The highest BCUT2D eigenvalue weighted by molar-refractivity contribution is 6.36. The maximum absolute atomic E-state index is 13.5. The molecular weight excluding hydrogens is 1860 g/mol. The lowest BCUT2D eigenvalue weighted by atomic mass is 10.1. The number of para-hydroxylation sites is 8. The van der Waals surface area contributed by atoms with Crippen molar-refractivity contribution in [1.29, 1.82) is 0 Å². The summed E-state index contributed by atoms with van der Waals surface area (Å²) in [6, 6.07) is 60.6. The van der Waals surface area contributed by atoms with E-state index in [0.29, 0.717) is 148 Å². The normalized spacial score (nSPS) is 18.6. The number of hydrogen-bond acceptors (Lipinski definition) is 18. The average Bonchev–Trinajstić information content (AvgIpc) is 1.68. The van der Waals surface area contributed by atoms with Crippen molar-refractivity contribution in [2.24, 2.45) is 0 Å². The van der Waals surface area contributed by atoms with Crippen LogP contribution in [-0.4, -0.2) is 189 Å². The van der Waals surface area contributed by atoms with E-state index in [4.69, 9.17) is 123 Å². The number of esters is 1. The summed E-state index contributed by atoms with van der Waals surface area (Å²) in [4.78, 5) is 105. The minimum Gasteiger partial charge on any atom is -0.458 e. The van der Waals surface area contributed by atoms with Crippen LogP contribution in [0.1, 0.15) is 97.6 Å². The molecule has 0 spiro atoms. The van der Waals surface area contributed by atoms with Gasteiger partial charge in [-0.15, -0.1) is 13.0 Å². The van der Waals surface area contributed by atoms with Crippen molar-refractivity contribution in [3.8, 4) is 12.3 Å². The van der Waals surface area contributed by atoms with Gasteiger partial charge < -0.3 is 64.9 Å². The molecule has 8 N–H and O–H groups in total. The van der Waals surface area contributed by atoms with Crippen LogP contribution in [0.3, 0.4) is 0 Å². The van der Waals surface area contributed by atoms with Gasteiger partial charge in [0.05, 0.1) is 108 Å². The van der Waals surface area contributed by atoms with E-state index in [1.54, 1.807) is 69.3 Å². The summed E-state index contributed by atoms with van der Waals surface area (Å²) < 4.78 is 29.2. The minimum atomic E-state index is -0.622. The van der Waals surface area contributed by atoms with Crippen molar-refractivity contribution in [2.75, 3.05) is 46.0 Å². The molecule has 8 atom stereocenters. The van der Waals surface area contributed by atoms with Gasteiger partial charge in [0.15, 0.2) is 0 Å². The lowest BCUT2D eigenvalue weighted by Crippen LogP contribution is -2.48. The summed E-state index contributed by atoms with van der Waals surface area (Å²) in [6.07, 6.45) is 8.60. The van der Waals surface area contributed by atoms with Crippen molar-refractivity contribution >= 4 is 167 Å². The number of likely N-dealkylation sites (tertiary alicyclic amines) is 4. The summed E-state index contributed by atoms with van der Waals surface area (Å²) in [5.41, 5.74) is 11.2. The van der Waals surface area contributed by atoms with E-state index in [-0.39, 0.29) is 61.7 Å². The standard InChI is InChI=1S/C27H26Cl2N4O2.C26H30Cl2N4O4.C23H24Cl2N4O2.C23H22Cl2N4O2/c28-20-11-10-19(21(29)14-20)16-33-13-12-24(35-17-18-6-2-1-3-7-18)26(33)27(34)30-15-25-31-22-8-4-5-9-23(22)32-25;1-26(2,3)36-23(33)15-35-21-10-11-32(14-16-8-9-17(27)12-18(16)28)24(21)25(34)29-13-22-30-19-6-4-5-7-20(19)31-22;2*1-2-11-31-20-9-10-29(14-15-7-8-16(24)12-17(15)25)22(20)23(30)26-13-21-27-18-5-3-4-6-19(18)28-21/h1-11,14,24,26H,12-13,15-17H2,(H,30,34)(H,31,32);4-9,12,21,24H,10-11,13-15H2,1-3H3,(H,29,34)(H,30,31);2-8,12,20,22H,1,9-11,13-14H2,(H,26,30)(H,27,28);1,3-8,12,20,22H,9-11,13-14H2,(H,26,30)(H,27,28)/t24-,26-;21-,24-;2*20-,22-/m0000/s1. The second-order valence-corrected chi connectivity index (χ2v) is 36.8. The molecule has 4 fully saturated rings. The van der Waals surface area contributed by atoms with Crippen LogP contribution in [-0.2, 0) is 107 Å². The van der Waals surface area contributed by atoms with E-state index in [2.05, 4.69) is 88.3 Å². The molecular formula is C99H102Cl8N16O10. The Hall–Kier alpha value is -10.5. The van der Waals surface area contributed by atoms with Crippen molar-refractivity contribution in [3.05, 3.63) is 304 Å². The maximum atomic E-state index is 13.5. The zero-order valence-electron chi connectivity index (χ0n) is 73.4. The molecule has 13 aromatic rings. The predicted molar refractivity (Wildman–Crippen MR) is 522 cm³/mol. The Labute approximate surface area is 811 Å². The highest BCUT2D eigenvalue weighted by Gasteiger charge is 2.45. The number of nitrogens with zero attached hydrogens (tertiary/aromatic N) is 8. The van der Waals surface area contributed by atoms with Crippen LogP contribution < -0.4 is 21.3 Å². The Balaban J connectivity index is 0.000000143. The summed E-state index contributed by atoms with van der Waals surface area (Å²) in [6.45, 7) is 15.8. The highest BCUT2D eigenvalue weighted by Crippen LogP contribution is 2.35. The van der Waals surface area contributed by atoms with Gasteiger partial charge in [-0.1, -0.05) is 208 Å². The first-order valence-electron chi connectivity index (χ1n) is 43.6. The first-order valence-corrected chi connectivity index (χ1v) is 46.6. The van der Waals surface area contributed by atoms with Crippen LogP contribution in [0.2, 0.25) is 40.2 Å². The fraction of sp³-hybridized carbons (Fsp3) is 0.323. The zero-order chi connectivity index (χ0) is 93.7. The Kier molecular flexibility index (Phi) is 34.9. The molecule has 4 aliphatic heterocycles. The van der Waals surface area contributed by atoms with Crippen molar-refractivity contribution in [1.82, 2.24) is 80.7 Å². The van der Waals surface area contributed by atoms with Crippen LogP contribution in [0.5, 0.6) is 0 Å². The maximum Gasteiger partial charge on any atom is 0.332 e. The largest absolute Gasteiger partial charge is 0.458 e. The fourth-order valence-corrected chi connectivity index (χ4v) is 18.5. The van der Waals surface area contributed by atoms with Crippen molar-refractivity contribution in [2.45, 2.75) is 160 Å². The second kappa shape index (κ2) is 47.1. The van der Waals surface area contributed by atoms with E-state index >= 15 is 0 Å². The number of hydrogen-bond donors (Lipinski definition) is 8. The predicted octanol–water partition coefficient (Wildman–Crippen LogP) is 17.9. The third-order valence-electron chi connectivity index (χ3n) is 22.8. The number of terminal acetylenes is 1. The SMILES string of the molecule is C#CCO[C@H]1CCN(Cc2ccc(Cl)cc2Cl)[C@@H]1C(=O)NCc1nc2ccccc2[nH]1.C=CCO[C@H]1CCN(Cc2ccc(Cl)cc2Cl)[C@@H]1C(=O)NCc1nc2ccccc2[nH]1.CC(C)(C)OC(=O)CO[C@H]1CCN(Cc2ccc(Cl)cc2Cl)[C@@H]1C(=O)NCc1nc2ccccc2[nH]1.O=C(NCc1nc2ccccc2[nH]1)[C@@H]1[C@@H](OCc2ccccc2)CCN1Cc1ccc(Cl)cc1Cl. The number of aromatic amines is 4. The summed E-state index contributed by atoms with van der Waals surface area (Å²) in [5, 5.41) is 16.6. The Bertz CT molecular complexity index is 6110. The third kappa shape index (κ3) is 27.2. The summed E-state index contributed by atoms with van der Waals surface area (Å²) >= 11 is 49.7. The third-order valence-corrected chi connectivity index (χ3v) is 25.2. The molecule has 133 heavy (non-hydrogen) atoms. The van der Waals surface area contributed by atoms with E-state index in [0.717, 1.165) is 97.9 Å². The number of H-pyrrole nitrogens is 4. The monoisotopic (exact) mass is 1950 g/mol. The summed E-state index contributed by atoms with van der Waals surface area (Å²) in [5.74, 6) is 4.25. The molecule has 0 bridgehead atoms. The number of fused-ring (bicyclic) bond motifs is 4. The topological polar surface area (TPSA) is 307 Å². The van der Waals surface area contributed by atoms with Crippen LogP contribution in [0.15, 0.2) is 213 Å². The molecule has 17 rings (SSSR count). The van der Waals surface area contributed by atoms with Crippen molar-refractivity contribution < 1.29 is 47.7 Å². The molecule has 26 nitrogen and oxygen atoms in total. The number of ether oxygens (including phenoxy) is 5. The molecule has 4 aromatic heterocycles. The van der Waals surface area contributed by atoms with Crippen LogP contribution in [0.4, 0.5) is 0 Å². The van der Waals surface area contributed by atoms with Gasteiger partial charge in [0, 0.05) is 92.5 Å². The zero-order valence-corrected chi connectivity index (χ0v) is 79.4. The minimum absolute atomic E-state index is 0.0916. The number of aromatic nitrogens is 8.